The number of benzene rings is 1. The highest BCUT2D eigenvalue weighted by molar-refractivity contribution is 5.77. The molecule has 0 aliphatic carbocycles. The zero-order chi connectivity index (χ0) is 14.1. The van der Waals surface area contributed by atoms with Gasteiger partial charge >= 0.3 is 0 Å². The van der Waals surface area contributed by atoms with E-state index in [4.69, 9.17) is 0 Å². The lowest BCUT2D eigenvalue weighted by Gasteiger charge is -2.29. The van der Waals surface area contributed by atoms with Crippen molar-refractivity contribution in [3.8, 4) is 0 Å². The number of hydrogen-bond acceptors (Lipinski definition) is 1. The second kappa shape index (κ2) is 4.87. The summed E-state index contributed by atoms with van der Waals surface area (Å²) in [5, 5.41) is 0. The van der Waals surface area contributed by atoms with Gasteiger partial charge in [0.15, 0.2) is 0 Å². The van der Waals surface area contributed by atoms with Gasteiger partial charge in [-0.15, -0.1) is 0 Å². The summed E-state index contributed by atoms with van der Waals surface area (Å²) in [7, 11) is 0. The number of ketones is 1. The van der Waals surface area contributed by atoms with E-state index in [0.717, 1.165) is 0 Å². The Labute approximate surface area is 112 Å². The first-order valence-corrected chi connectivity index (χ1v) is 6.65. The standard InChI is InChI=1S/C17H26O/c1-12-8-9-14(16(3,4)5)10-15(12)17(6,7)11-13(2)18/h8-10H,11H2,1-7H3. The Bertz CT molecular complexity index is 447. The van der Waals surface area contributed by atoms with Gasteiger partial charge in [-0.1, -0.05) is 52.8 Å². The maximum Gasteiger partial charge on any atom is 0.130 e. The average Bonchev–Trinajstić information content (AvgIpc) is 2.13. The first-order chi connectivity index (χ1) is 8.04. The molecule has 0 fully saturated rings. The van der Waals surface area contributed by atoms with Crippen LogP contribution in [0, 0.1) is 6.92 Å². The minimum Gasteiger partial charge on any atom is -0.300 e. The molecule has 1 rings (SSSR count). The molecule has 0 amide bonds. The Balaban J connectivity index is 3.27. The molecule has 0 spiro atoms. The maximum absolute atomic E-state index is 11.4. The third kappa shape index (κ3) is 3.44. The van der Waals surface area contributed by atoms with Crippen LogP contribution < -0.4 is 0 Å². The average molecular weight is 246 g/mol. The van der Waals surface area contributed by atoms with Crippen molar-refractivity contribution in [2.24, 2.45) is 0 Å². The summed E-state index contributed by atoms with van der Waals surface area (Å²) in [6.45, 7) is 14.8. The van der Waals surface area contributed by atoms with Crippen molar-refractivity contribution in [1.82, 2.24) is 0 Å². The van der Waals surface area contributed by atoms with Gasteiger partial charge in [-0.25, -0.2) is 0 Å². The van der Waals surface area contributed by atoms with E-state index >= 15 is 0 Å². The molecule has 0 saturated carbocycles. The number of Topliss-reactive ketones (excluding diaryl/α,β-unsaturated/α-hetero) is 1. The third-order valence-corrected chi connectivity index (χ3v) is 3.52. The summed E-state index contributed by atoms with van der Waals surface area (Å²) < 4.78 is 0. The molecular weight excluding hydrogens is 220 g/mol. The van der Waals surface area contributed by atoms with Crippen molar-refractivity contribution >= 4 is 5.78 Å². The molecule has 0 radical (unpaired) electrons. The molecule has 0 saturated heterocycles. The highest BCUT2D eigenvalue weighted by Crippen LogP contribution is 2.33. The first-order valence-electron chi connectivity index (χ1n) is 6.65. The molecular formula is C17H26O. The maximum atomic E-state index is 11.4. The number of rotatable bonds is 3. The van der Waals surface area contributed by atoms with Crippen LogP contribution in [0.5, 0.6) is 0 Å². The molecule has 0 heterocycles. The Kier molecular flexibility index (Phi) is 4.05. The van der Waals surface area contributed by atoms with Gasteiger partial charge in [0.05, 0.1) is 0 Å². The minimum absolute atomic E-state index is 0.0861. The summed E-state index contributed by atoms with van der Waals surface area (Å²) in [6, 6.07) is 6.65. The fourth-order valence-electron chi connectivity index (χ4n) is 2.54. The van der Waals surface area contributed by atoms with Crippen LogP contribution >= 0.6 is 0 Å². The van der Waals surface area contributed by atoms with Gasteiger partial charge in [-0.3, -0.25) is 4.79 Å². The number of hydrogen-bond donors (Lipinski definition) is 0. The van der Waals surface area contributed by atoms with Crippen LogP contribution in [0.4, 0.5) is 0 Å². The van der Waals surface area contributed by atoms with Gasteiger partial charge in [0.1, 0.15) is 5.78 Å². The Hall–Kier alpha value is -1.11. The van der Waals surface area contributed by atoms with E-state index in [1.54, 1.807) is 6.92 Å². The van der Waals surface area contributed by atoms with E-state index in [9.17, 15) is 4.79 Å². The van der Waals surface area contributed by atoms with Crippen LogP contribution in [-0.2, 0) is 15.6 Å². The van der Waals surface area contributed by atoms with E-state index in [1.807, 2.05) is 0 Å². The molecule has 18 heavy (non-hydrogen) atoms. The summed E-state index contributed by atoms with van der Waals surface area (Å²) in [4.78, 5) is 11.4. The second-order valence-corrected chi connectivity index (χ2v) is 7.04. The third-order valence-electron chi connectivity index (χ3n) is 3.52. The Morgan fingerprint density at radius 2 is 1.67 bits per heavy atom. The van der Waals surface area contributed by atoms with Crippen LogP contribution in [0.2, 0.25) is 0 Å². The molecule has 0 aliphatic rings. The van der Waals surface area contributed by atoms with Gasteiger partial charge < -0.3 is 0 Å². The van der Waals surface area contributed by atoms with E-state index in [-0.39, 0.29) is 16.6 Å². The van der Waals surface area contributed by atoms with E-state index in [0.29, 0.717) is 6.42 Å². The topological polar surface area (TPSA) is 17.1 Å². The largest absolute Gasteiger partial charge is 0.300 e. The van der Waals surface area contributed by atoms with Gasteiger partial charge in [-0.2, -0.15) is 0 Å². The first kappa shape index (κ1) is 14.9. The zero-order valence-corrected chi connectivity index (χ0v) is 12.8. The van der Waals surface area contributed by atoms with Crippen LogP contribution in [0.15, 0.2) is 18.2 Å². The van der Waals surface area contributed by atoms with Gasteiger partial charge in [-0.05, 0) is 41.4 Å². The zero-order valence-electron chi connectivity index (χ0n) is 12.8. The number of carbonyl (C=O) groups excluding carboxylic acids is 1. The molecule has 1 heteroatoms. The lowest BCUT2D eigenvalue weighted by atomic mass is 9.75. The van der Waals surface area contributed by atoms with Crippen molar-refractivity contribution in [2.45, 2.75) is 65.7 Å². The molecule has 1 aromatic carbocycles. The predicted molar refractivity (Wildman–Crippen MR) is 78.2 cm³/mol. The van der Waals surface area contributed by atoms with Gasteiger partial charge in [0.2, 0.25) is 0 Å². The quantitative estimate of drug-likeness (QED) is 0.764. The summed E-state index contributed by atoms with van der Waals surface area (Å²) in [5.41, 5.74) is 3.96. The summed E-state index contributed by atoms with van der Waals surface area (Å²) in [5.74, 6) is 0.251. The van der Waals surface area contributed by atoms with Crippen LogP contribution in [0.1, 0.15) is 64.7 Å². The lowest BCUT2D eigenvalue weighted by molar-refractivity contribution is -0.118. The smallest absolute Gasteiger partial charge is 0.130 e. The SMILES string of the molecule is CC(=O)CC(C)(C)c1cc(C(C)(C)C)ccc1C. The molecule has 0 bridgehead atoms. The molecule has 0 atom stereocenters. The lowest BCUT2D eigenvalue weighted by Crippen LogP contribution is -2.23. The normalized spacial score (nSPS) is 12.6. The van der Waals surface area contributed by atoms with Crippen molar-refractivity contribution in [1.29, 1.82) is 0 Å². The molecule has 0 aromatic heterocycles. The molecule has 0 unspecified atom stereocenters. The van der Waals surface area contributed by atoms with Crippen molar-refractivity contribution in [2.75, 3.05) is 0 Å². The van der Waals surface area contributed by atoms with Gasteiger partial charge in [0, 0.05) is 6.42 Å². The Morgan fingerprint density at radius 1 is 1.11 bits per heavy atom. The monoisotopic (exact) mass is 246 g/mol. The van der Waals surface area contributed by atoms with Crippen LogP contribution in [0.25, 0.3) is 0 Å². The second-order valence-electron chi connectivity index (χ2n) is 7.04. The molecule has 1 aromatic rings. The Morgan fingerprint density at radius 3 is 2.11 bits per heavy atom. The van der Waals surface area contributed by atoms with Crippen molar-refractivity contribution in [3.05, 3.63) is 34.9 Å². The molecule has 0 N–H and O–H groups in total. The highest BCUT2D eigenvalue weighted by atomic mass is 16.1. The van der Waals surface area contributed by atoms with Gasteiger partial charge in [0.25, 0.3) is 0 Å². The molecule has 100 valence electrons. The van der Waals surface area contributed by atoms with E-state index in [1.165, 1.54) is 16.7 Å². The van der Waals surface area contributed by atoms with E-state index < -0.39 is 0 Å². The summed E-state index contributed by atoms with van der Waals surface area (Å²) >= 11 is 0. The number of carbonyl (C=O) groups is 1. The van der Waals surface area contributed by atoms with Crippen LogP contribution in [-0.4, -0.2) is 5.78 Å². The van der Waals surface area contributed by atoms with Crippen molar-refractivity contribution in [3.63, 3.8) is 0 Å². The van der Waals surface area contributed by atoms with Crippen LogP contribution in [0.3, 0.4) is 0 Å². The fourth-order valence-corrected chi connectivity index (χ4v) is 2.54. The summed E-state index contributed by atoms with van der Waals surface area (Å²) in [6.07, 6.45) is 0.599. The fraction of sp³-hybridized carbons (Fsp3) is 0.588. The van der Waals surface area contributed by atoms with E-state index in [2.05, 4.69) is 59.7 Å². The predicted octanol–water partition coefficient (Wildman–Crippen LogP) is 4.55. The molecule has 0 aliphatic heterocycles. The minimum atomic E-state index is -0.0861. The highest BCUT2D eigenvalue weighted by Gasteiger charge is 2.26. The number of aryl methyl sites for hydroxylation is 1. The van der Waals surface area contributed by atoms with Crippen molar-refractivity contribution < 1.29 is 4.79 Å². The molecule has 1 nitrogen and oxygen atoms in total.